The zero-order valence-electron chi connectivity index (χ0n) is 17.4. The molecule has 1 aromatic carbocycles. The van der Waals surface area contributed by atoms with Gasteiger partial charge >= 0.3 is 5.97 Å². The van der Waals surface area contributed by atoms with Crippen LogP contribution < -0.4 is 4.74 Å². The smallest absolute Gasteiger partial charge is 0.309 e. The molecule has 0 fully saturated rings. The summed E-state index contributed by atoms with van der Waals surface area (Å²) in [5.74, 6) is 2.09. The number of esters is 1. The van der Waals surface area contributed by atoms with Gasteiger partial charge in [-0.2, -0.15) is 11.8 Å². The molecule has 0 unspecified atom stereocenters. The second kappa shape index (κ2) is 11.0. The lowest BCUT2D eigenvalue weighted by molar-refractivity contribution is -0.159. The maximum absolute atomic E-state index is 12.2. The molecule has 0 spiro atoms. The topological polar surface area (TPSA) is 78.4 Å². The number of hydrogen-bond acceptors (Lipinski definition) is 7. The number of thioether (sulfide) groups is 1. The van der Waals surface area contributed by atoms with Crippen LogP contribution in [0.3, 0.4) is 0 Å². The van der Waals surface area contributed by atoms with Crippen molar-refractivity contribution in [2.75, 3.05) is 11.5 Å². The first kappa shape index (κ1) is 22.9. The van der Waals surface area contributed by atoms with Crippen molar-refractivity contribution in [2.24, 2.45) is 5.92 Å². The van der Waals surface area contributed by atoms with E-state index < -0.39 is 5.60 Å². The molecule has 1 atom stereocenters. The number of rotatable bonds is 10. The predicted molar refractivity (Wildman–Crippen MR) is 114 cm³/mol. The van der Waals surface area contributed by atoms with E-state index in [4.69, 9.17) is 9.47 Å². The van der Waals surface area contributed by atoms with Crippen LogP contribution in [-0.4, -0.2) is 38.8 Å². The van der Waals surface area contributed by atoms with Gasteiger partial charge in [0.15, 0.2) is 5.78 Å². The van der Waals surface area contributed by atoms with Gasteiger partial charge in [0.2, 0.25) is 5.88 Å². The first-order valence-corrected chi connectivity index (χ1v) is 10.8. The van der Waals surface area contributed by atoms with Gasteiger partial charge in [0.1, 0.15) is 17.0 Å². The molecule has 0 aliphatic heterocycles. The molecular formula is C22H28N2O4S. The molecule has 29 heavy (non-hydrogen) atoms. The van der Waals surface area contributed by atoms with Crippen LogP contribution in [0.25, 0.3) is 0 Å². The molecular weight excluding hydrogens is 388 g/mol. The van der Waals surface area contributed by atoms with Crippen molar-refractivity contribution >= 4 is 23.5 Å². The summed E-state index contributed by atoms with van der Waals surface area (Å²) in [5, 5.41) is 0. The zero-order chi connectivity index (χ0) is 21.3. The number of hydrogen-bond donors (Lipinski definition) is 0. The van der Waals surface area contributed by atoms with Crippen LogP contribution in [0.5, 0.6) is 11.6 Å². The van der Waals surface area contributed by atoms with Crippen molar-refractivity contribution < 1.29 is 19.1 Å². The Bertz CT molecular complexity index is 789. The Morgan fingerprint density at radius 3 is 2.41 bits per heavy atom. The molecule has 6 nitrogen and oxygen atoms in total. The summed E-state index contributed by atoms with van der Waals surface area (Å²) in [5.41, 5.74) is -0.138. The number of carbonyl (C=O) groups excluding carboxylic acids is 2. The Kier molecular flexibility index (Phi) is 8.64. The fourth-order valence-corrected chi connectivity index (χ4v) is 3.35. The number of para-hydroxylation sites is 1. The maximum Gasteiger partial charge on any atom is 0.309 e. The van der Waals surface area contributed by atoms with Crippen molar-refractivity contribution in [3.8, 4) is 11.6 Å². The van der Waals surface area contributed by atoms with Gasteiger partial charge in [-0.05, 0) is 45.1 Å². The van der Waals surface area contributed by atoms with E-state index in [1.165, 1.54) is 12.4 Å². The predicted octanol–water partition coefficient (Wildman–Crippen LogP) is 4.94. The van der Waals surface area contributed by atoms with Crippen molar-refractivity contribution in [3.05, 3.63) is 48.4 Å². The summed E-state index contributed by atoms with van der Waals surface area (Å²) < 4.78 is 10.9. The lowest BCUT2D eigenvalue weighted by atomic mass is 10.1. The Morgan fingerprint density at radius 2 is 1.79 bits per heavy atom. The normalized spacial score (nSPS) is 12.3. The fourth-order valence-electron chi connectivity index (χ4n) is 2.30. The number of ketones is 1. The lowest BCUT2D eigenvalue weighted by Gasteiger charge is -2.22. The zero-order valence-corrected chi connectivity index (χ0v) is 18.2. The third kappa shape index (κ3) is 8.64. The largest absolute Gasteiger partial charge is 0.460 e. The minimum absolute atomic E-state index is 0.0588. The third-order valence-electron chi connectivity index (χ3n) is 3.86. The molecule has 2 rings (SSSR count). The molecule has 1 aromatic heterocycles. The molecule has 0 N–H and O–H groups in total. The molecule has 0 saturated heterocycles. The summed E-state index contributed by atoms with van der Waals surface area (Å²) in [6.45, 7) is 7.46. The van der Waals surface area contributed by atoms with Crippen LogP contribution in [0.4, 0.5) is 0 Å². The molecule has 0 bridgehead atoms. The molecule has 7 heteroatoms. The average molecular weight is 417 g/mol. The molecule has 0 aliphatic carbocycles. The second-order valence-electron chi connectivity index (χ2n) is 7.66. The lowest BCUT2D eigenvalue weighted by Crippen LogP contribution is -2.27. The van der Waals surface area contributed by atoms with Gasteiger partial charge < -0.3 is 9.47 Å². The number of benzene rings is 1. The van der Waals surface area contributed by atoms with Gasteiger partial charge in [-0.25, -0.2) is 9.97 Å². The Hall–Kier alpha value is -2.41. The number of carbonyl (C=O) groups is 2. The van der Waals surface area contributed by atoms with E-state index in [1.807, 2.05) is 58.0 Å². The quantitative estimate of drug-likeness (QED) is 0.308. The van der Waals surface area contributed by atoms with Gasteiger partial charge in [-0.1, -0.05) is 25.1 Å². The van der Waals surface area contributed by atoms with E-state index in [-0.39, 0.29) is 17.7 Å². The SMILES string of the molecule is C[C@@H](CCSCCC(=O)c1cnc(Oc2ccccc2)cn1)C(=O)OC(C)(C)C. The minimum Gasteiger partial charge on any atom is -0.460 e. The monoisotopic (exact) mass is 416 g/mol. The van der Waals surface area contributed by atoms with E-state index in [1.54, 1.807) is 11.8 Å². The Balaban J connectivity index is 1.68. The van der Waals surface area contributed by atoms with Gasteiger partial charge in [0.05, 0.1) is 18.3 Å². The molecule has 0 radical (unpaired) electrons. The van der Waals surface area contributed by atoms with Crippen molar-refractivity contribution in [1.82, 2.24) is 9.97 Å². The summed E-state index contributed by atoms with van der Waals surface area (Å²) >= 11 is 1.64. The van der Waals surface area contributed by atoms with Crippen LogP contribution in [0.2, 0.25) is 0 Å². The standard InChI is InChI=1S/C22H28N2O4S/c1-16(21(26)28-22(2,3)4)10-12-29-13-11-19(25)18-14-24-20(15-23-18)27-17-8-6-5-7-9-17/h5-9,14-16H,10-13H2,1-4H3/t16-/m0/s1. The van der Waals surface area contributed by atoms with E-state index in [2.05, 4.69) is 9.97 Å². The van der Waals surface area contributed by atoms with Crippen LogP contribution >= 0.6 is 11.8 Å². The van der Waals surface area contributed by atoms with Gasteiger partial charge in [0.25, 0.3) is 0 Å². The molecule has 0 amide bonds. The van der Waals surface area contributed by atoms with Crippen molar-refractivity contribution in [1.29, 1.82) is 0 Å². The molecule has 0 aliphatic rings. The van der Waals surface area contributed by atoms with E-state index in [0.717, 1.165) is 12.2 Å². The van der Waals surface area contributed by atoms with Gasteiger partial charge in [-0.15, -0.1) is 0 Å². The van der Waals surface area contributed by atoms with Crippen LogP contribution in [-0.2, 0) is 9.53 Å². The molecule has 2 aromatic rings. The number of Topliss-reactive ketones (excluding diaryl/α,β-unsaturated/α-hetero) is 1. The van der Waals surface area contributed by atoms with E-state index >= 15 is 0 Å². The van der Waals surface area contributed by atoms with Crippen LogP contribution in [0, 0.1) is 5.92 Å². The Labute approximate surface area is 176 Å². The number of aromatic nitrogens is 2. The van der Waals surface area contributed by atoms with Gasteiger partial charge in [0, 0.05) is 12.2 Å². The second-order valence-corrected chi connectivity index (χ2v) is 8.89. The highest BCUT2D eigenvalue weighted by molar-refractivity contribution is 7.99. The van der Waals surface area contributed by atoms with Crippen molar-refractivity contribution in [2.45, 2.75) is 46.1 Å². The average Bonchev–Trinajstić information content (AvgIpc) is 2.67. The summed E-state index contributed by atoms with van der Waals surface area (Å²) in [6, 6.07) is 9.28. The van der Waals surface area contributed by atoms with Crippen LogP contribution in [0.1, 0.15) is 51.0 Å². The van der Waals surface area contributed by atoms with Crippen LogP contribution in [0.15, 0.2) is 42.7 Å². The first-order valence-electron chi connectivity index (χ1n) is 9.63. The summed E-state index contributed by atoms with van der Waals surface area (Å²) in [7, 11) is 0. The summed E-state index contributed by atoms with van der Waals surface area (Å²) in [6.07, 6.45) is 3.99. The van der Waals surface area contributed by atoms with Crippen molar-refractivity contribution in [3.63, 3.8) is 0 Å². The molecule has 0 saturated carbocycles. The third-order valence-corrected chi connectivity index (χ3v) is 4.87. The Morgan fingerprint density at radius 1 is 1.07 bits per heavy atom. The molecule has 1 heterocycles. The highest BCUT2D eigenvalue weighted by Crippen LogP contribution is 2.19. The maximum atomic E-state index is 12.2. The van der Waals surface area contributed by atoms with E-state index in [9.17, 15) is 9.59 Å². The highest BCUT2D eigenvalue weighted by atomic mass is 32.2. The number of ether oxygens (including phenoxy) is 2. The first-order chi connectivity index (χ1) is 13.7. The highest BCUT2D eigenvalue weighted by Gasteiger charge is 2.21. The minimum atomic E-state index is -0.465. The molecule has 156 valence electrons. The van der Waals surface area contributed by atoms with E-state index in [0.29, 0.717) is 29.5 Å². The van der Waals surface area contributed by atoms with Gasteiger partial charge in [-0.3, -0.25) is 9.59 Å². The summed E-state index contributed by atoms with van der Waals surface area (Å²) in [4.78, 5) is 32.5. The number of nitrogens with zero attached hydrogens (tertiary/aromatic N) is 2. The fraction of sp³-hybridized carbons (Fsp3) is 0.455.